The Bertz CT molecular complexity index is 517. The summed E-state index contributed by atoms with van der Waals surface area (Å²) in [6.45, 7) is 4.40. The summed E-state index contributed by atoms with van der Waals surface area (Å²) in [6, 6.07) is 1.77. The van der Waals surface area contributed by atoms with Gasteiger partial charge in [0.25, 0.3) is 5.91 Å². The van der Waals surface area contributed by atoms with E-state index in [-0.39, 0.29) is 30.7 Å². The molecule has 1 aromatic rings. The first-order chi connectivity index (χ1) is 10.5. The standard InChI is InChI=1S/C15H22ClN3O3/c1-9(2)18-13-5-14(16)17-6-12(13)15(21)19-10-3-4-11(7-20)22-8-10/h5-6,9-11,20H,3-4,7-8H2,1-2H3,(H,17,18)(H,19,21)/t10-,11+/m1/s1. The first-order valence-electron chi connectivity index (χ1n) is 7.45. The van der Waals surface area contributed by atoms with E-state index >= 15 is 0 Å². The summed E-state index contributed by atoms with van der Waals surface area (Å²) in [4.78, 5) is 16.4. The molecular formula is C15H22ClN3O3. The van der Waals surface area contributed by atoms with Crippen molar-refractivity contribution in [2.45, 2.75) is 44.9 Å². The number of halogens is 1. The third-order valence-electron chi connectivity index (χ3n) is 3.47. The molecule has 0 aliphatic carbocycles. The molecule has 1 fully saturated rings. The first kappa shape index (κ1) is 17.0. The van der Waals surface area contributed by atoms with Gasteiger partial charge < -0.3 is 20.5 Å². The Morgan fingerprint density at radius 3 is 2.91 bits per heavy atom. The number of nitrogens with zero attached hydrogens (tertiary/aromatic N) is 1. The Hall–Kier alpha value is -1.37. The molecule has 1 amide bonds. The minimum atomic E-state index is -0.205. The van der Waals surface area contributed by atoms with Crippen LogP contribution in [-0.4, -0.2) is 47.4 Å². The van der Waals surface area contributed by atoms with Crippen molar-refractivity contribution < 1.29 is 14.6 Å². The second-order valence-corrected chi connectivity index (χ2v) is 6.12. The number of anilines is 1. The predicted molar refractivity (Wildman–Crippen MR) is 85.3 cm³/mol. The number of pyridine rings is 1. The van der Waals surface area contributed by atoms with Gasteiger partial charge in [0.15, 0.2) is 0 Å². The van der Waals surface area contributed by atoms with Gasteiger partial charge in [-0.1, -0.05) is 11.6 Å². The Kier molecular flexibility index (Phi) is 5.99. The highest BCUT2D eigenvalue weighted by molar-refractivity contribution is 6.29. The highest BCUT2D eigenvalue weighted by Gasteiger charge is 2.24. The van der Waals surface area contributed by atoms with E-state index in [1.165, 1.54) is 6.20 Å². The van der Waals surface area contributed by atoms with E-state index in [2.05, 4.69) is 15.6 Å². The number of hydrogen-bond donors (Lipinski definition) is 3. The van der Waals surface area contributed by atoms with Crippen LogP contribution in [0.3, 0.4) is 0 Å². The molecule has 1 aromatic heterocycles. The molecule has 2 rings (SSSR count). The highest BCUT2D eigenvalue weighted by Crippen LogP contribution is 2.20. The molecule has 7 heteroatoms. The number of ether oxygens (including phenoxy) is 1. The van der Waals surface area contributed by atoms with Crippen LogP contribution in [0.25, 0.3) is 0 Å². The monoisotopic (exact) mass is 327 g/mol. The fourth-order valence-corrected chi connectivity index (χ4v) is 2.53. The van der Waals surface area contributed by atoms with Gasteiger partial charge in [-0.3, -0.25) is 4.79 Å². The van der Waals surface area contributed by atoms with E-state index in [1.54, 1.807) is 6.07 Å². The maximum absolute atomic E-state index is 12.4. The van der Waals surface area contributed by atoms with Gasteiger partial charge in [-0.15, -0.1) is 0 Å². The number of amides is 1. The van der Waals surface area contributed by atoms with Gasteiger partial charge in [-0.2, -0.15) is 0 Å². The van der Waals surface area contributed by atoms with E-state index in [0.29, 0.717) is 23.0 Å². The first-order valence-corrected chi connectivity index (χ1v) is 7.82. The minimum Gasteiger partial charge on any atom is -0.394 e. The van der Waals surface area contributed by atoms with Gasteiger partial charge in [0.2, 0.25) is 0 Å². The number of aliphatic hydroxyl groups is 1. The van der Waals surface area contributed by atoms with Crippen LogP contribution in [-0.2, 0) is 4.74 Å². The van der Waals surface area contributed by atoms with Crippen LogP contribution in [0, 0.1) is 0 Å². The number of nitrogens with one attached hydrogen (secondary N) is 2. The molecule has 122 valence electrons. The Morgan fingerprint density at radius 1 is 1.55 bits per heavy atom. The maximum Gasteiger partial charge on any atom is 0.255 e. The lowest BCUT2D eigenvalue weighted by atomic mass is 10.0. The average Bonchev–Trinajstić information content (AvgIpc) is 2.47. The van der Waals surface area contributed by atoms with Crippen molar-refractivity contribution in [3.8, 4) is 0 Å². The highest BCUT2D eigenvalue weighted by atomic mass is 35.5. The molecule has 1 aliphatic rings. The van der Waals surface area contributed by atoms with Crippen molar-refractivity contribution >= 4 is 23.2 Å². The molecule has 2 atom stereocenters. The van der Waals surface area contributed by atoms with Crippen molar-refractivity contribution in [1.29, 1.82) is 0 Å². The molecule has 0 saturated carbocycles. The maximum atomic E-state index is 12.4. The third kappa shape index (κ3) is 4.56. The van der Waals surface area contributed by atoms with Crippen molar-refractivity contribution in [1.82, 2.24) is 10.3 Å². The summed E-state index contributed by atoms with van der Waals surface area (Å²) < 4.78 is 5.47. The normalized spacial score (nSPS) is 21.7. The van der Waals surface area contributed by atoms with Crippen LogP contribution in [0.5, 0.6) is 0 Å². The van der Waals surface area contributed by atoms with Crippen LogP contribution in [0.15, 0.2) is 12.3 Å². The van der Waals surface area contributed by atoms with Gasteiger partial charge in [-0.25, -0.2) is 4.98 Å². The Labute approximate surface area is 135 Å². The number of aromatic nitrogens is 1. The molecule has 1 saturated heterocycles. The molecule has 22 heavy (non-hydrogen) atoms. The molecule has 2 heterocycles. The van der Waals surface area contributed by atoms with Crippen LogP contribution < -0.4 is 10.6 Å². The van der Waals surface area contributed by atoms with Crippen LogP contribution in [0.1, 0.15) is 37.0 Å². The smallest absolute Gasteiger partial charge is 0.255 e. The zero-order valence-electron chi connectivity index (χ0n) is 12.8. The topological polar surface area (TPSA) is 83.5 Å². The lowest BCUT2D eigenvalue weighted by molar-refractivity contribution is -0.0305. The number of carbonyl (C=O) groups excluding carboxylic acids is 1. The van der Waals surface area contributed by atoms with Crippen molar-refractivity contribution in [3.05, 3.63) is 23.0 Å². The number of rotatable bonds is 5. The minimum absolute atomic E-state index is 0.0181. The fourth-order valence-electron chi connectivity index (χ4n) is 2.37. The van der Waals surface area contributed by atoms with Gasteiger partial charge in [0.05, 0.1) is 36.6 Å². The van der Waals surface area contributed by atoms with E-state index in [0.717, 1.165) is 12.8 Å². The van der Waals surface area contributed by atoms with Gasteiger partial charge >= 0.3 is 0 Å². The Balaban J connectivity index is 2.03. The molecular weight excluding hydrogens is 306 g/mol. The molecule has 0 spiro atoms. The molecule has 6 nitrogen and oxygen atoms in total. The van der Waals surface area contributed by atoms with Gasteiger partial charge in [0.1, 0.15) is 5.15 Å². The third-order valence-corrected chi connectivity index (χ3v) is 3.68. The van der Waals surface area contributed by atoms with Crippen LogP contribution in [0.2, 0.25) is 5.15 Å². The summed E-state index contributed by atoms with van der Waals surface area (Å²) in [6.07, 6.45) is 2.87. The van der Waals surface area contributed by atoms with Crippen molar-refractivity contribution in [3.63, 3.8) is 0 Å². The van der Waals surface area contributed by atoms with Crippen LogP contribution >= 0.6 is 11.6 Å². The zero-order valence-corrected chi connectivity index (χ0v) is 13.6. The summed E-state index contributed by atoms with van der Waals surface area (Å²) in [5.74, 6) is -0.205. The summed E-state index contributed by atoms with van der Waals surface area (Å²) in [7, 11) is 0. The van der Waals surface area contributed by atoms with E-state index < -0.39 is 0 Å². The second-order valence-electron chi connectivity index (χ2n) is 5.74. The summed E-state index contributed by atoms with van der Waals surface area (Å²) in [5.41, 5.74) is 1.12. The molecule has 3 N–H and O–H groups in total. The number of hydrogen-bond acceptors (Lipinski definition) is 5. The van der Waals surface area contributed by atoms with Crippen molar-refractivity contribution in [2.75, 3.05) is 18.5 Å². The van der Waals surface area contributed by atoms with Gasteiger partial charge in [0, 0.05) is 12.2 Å². The summed E-state index contributed by atoms with van der Waals surface area (Å²) in [5, 5.41) is 15.5. The molecule has 0 unspecified atom stereocenters. The van der Waals surface area contributed by atoms with E-state index in [4.69, 9.17) is 21.4 Å². The average molecular weight is 328 g/mol. The lowest BCUT2D eigenvalue weighted by Gasteiger charge is -2.28. The summed E-state index contributed by atoms with van der Waals surface area (Å²) >= 11 is 5.90. The Morgan fingerprint density at radius 2 is 2.32 bits per heavy atom. The zero-order chi connectivity index (χ0) is 16.1. The number of aliphatic hydroxyl groups excluding tert-OH is 1. The SMILES string of the molecule is CC(C)Nc1cc(Cl)ncc1C(=O)N[C@@H]1CC[C@@H](CO)OC1. The molecule has 0 aromatic carbocycles. The van der Waals surface area contributed by atoms with E-state index in [1.807, 2.05) is 13.8 Å². The van der Waals surface area contributed by atoms with Crippen LogP contribution in [0.4, 0.5) is 5.69 Å². The second kappa shape index (κ2) is 7.76. The van der Waals surface area contributed by atoms with Gasteiger partial charge in [-0.05, 0) is 32.8 Å². The van der Waals surface area contributed by atoms with Crippen molar-refractivity contribution in [2.24, 2.45) is 0 Å². The molecule has 1 aliphatic heterocycles. The molecule has 0 bridgehead atoms. The van der Waals surface area contributed by atoms with E-state index in [9.17, 15) is 4.79 Å². The quantitative estimate of drug-likeness (QED) is 0.719. The largest absolute Gasteiger partial charge is 0.394 e. The predicted octanol–water partition coefficient (Wildman–Crippen LogP) is 1.82. The number of carbonyl (C=O) groups is 1. The fraction of sp³-hybridized carbons (Fsp3) is 0.600. The lowest BCUT2D eigenvalue weighted by Crippen LogP contribution is -2.43. The molecule has 0 radical (unpaired) electrons.